The van der Waals surface area contributed by atoms with Crippen molar-refractivity contribution in [3.8, 4) is 22.6 Å². The van der Waals surface area contributed by atoms with Gasteiger partial charge in [0.1, 0.15) is 0 Å². The standard InChI is InChI=1S/C19H20FNO3S/c20-16-9-14(15-2-4-19-18(10-15)24-12-25(19)22)1-3-17(16)23-11-13-5-7-21-8-6-13/h1-4,9-10,13,21H,5-8,11-12H2/t25-/m1/s1. The second-order valence-corrected chi connectivity index (χ2v) is 7.79. The first kappa shape index (κ1) is 16.7. The molecule has 0 aliphatic carbocycles. The third-order valence-corrected chi connectivity index (χ3v) is 5.87. The summed E-state index contributed by atoms with van der Waals surface area (Å²) in [7, 11) is 0. The van der Waals surface area contributed by atoms with E-state index in [1.807, 2.05) is 18.2 Å². The Bertz CT molecular complexity index is 764. The molecule has 2 aromatic carbocycles. The summed E-state index contributed by atoms with van der Waals surface area (Å²) in [6, 6.07) is 10.4. The molecular weight excluding hydrogens is 341 g/mol. The molecule has 2 heterocycles. The summed E-state index contributed by atoms with van der Waals surface area (Å²) in [6.45, 7) is 2.55. The number of piperidine rings is 1. The number of hydrogen-bond acceptors (Lipinski definition) is 4. The molecule has 4 nitrogen and oxygen atoms in total. The first-order valence-electron chi connectivity index (χ1n) is 8.49. The van der Waals surface area contributed by atoms with Gasteiger partial charge in [0.15, 0.2) is 22.2 Å². The lowest BCUT2D eigenvalue weighted by atomic mass is 9.99. The molecule has 2 aromatic rings. The van der Waals surface area contributed by atoms with Crippen LogP contribution < -0.4 is 14.8 Å². The van der Waals surface area contributed by atoms with Crippen molar-refractivity contribution in [1.29, 1.82) is 0 Å². The van der Waals surface area contributed by atoms with Crippen LogP contribution in [0.4, 0.5) is 4.39 Å². The second kappa shape index (κ2) is 7.23. The van der Waals surface area contributed by atoms with E-state index >= 15 is 0 Å². The van der Waals surface area contributed by atoms with Gasteiger partial charge >= 0.3 is 0 Å². The number of rotatable bonds is 4. The van der Waals surface area contributed by atoms with Crippen molar-refractivity contribution >= 4 is 11.2 Å². The second-order valence-electron chi connectivity index (χ2n) is 6.42. The normalized spacial score (nSPS) is 20.2. The SMILES string of the molecule is [O-][S@+]1COc2cc(-c3ccc(OCC4CCNCC4)c(F)c3)ccc21. The van der Waals surface area contributed by atoms with Crippen LogP contribution in [-0.4, -0.2) is 30.2 Å². The largest absolute Gasteiger partial charge is 0.609 e. The summed E-state index contributed by atoms with van der Waals surface area (Å²) in [5.74, 6) is 1.21. The van der Waals surface area contributed by atoms with E-state index < -0.39 is 11.2 Å². The van der Waals surface area contributed by atoms with Gasteiger partial charge in [-0.15, -0.1) is 0 Å². The van der Waals surface area contributed by atoms with E-state index in [9.17, 15) is 8.94 Å². The van der Waals surface area contributed by atoms with Crippen LogP contribution in [-0.2, 0) is 11.2 Å². The molecule has 1 saturated heterocycles. The number of ether oxygens (including phenoxy) is 2. The predicted molar refractivity (Wildman–Crippen MR) is 94.8 cm³/mol. The van der Waals surface area contributed by atoms with Gasteiger partial charge in [-0.2, -0.15) is 0 Å². The van der Waals surface area contributed by atoms with Gasteiger partial charge in [-0.3, -0.25) is 0 Å². The minimum absolute atomic E-state index is 0.191. The van der Waals surface area contributed by atoms with Crippen LogP contribution in [0.2, 0.25) is 0 Å². The smallest absolute Gasteiger partial charge is 0.250 e. The van der Waals surface area contributed by atoms with Crippen molar-refractivity contribution in [2.45, 2.75) is 17.7 Å². The van der Waals surface area contributed by atoms with Crippen molar-refractivity contribution in [3.63, 3.8) is 0 Å². The lowest BCUT2D eigenvalue weighted by Gasteiger charge is -2.22. The Labute approximate surface area is 149 Å². The summed E-state index contributed by atoms with van der Waals surface area (Å²) in [5, 5.41) is 3.31. The molecule has 1 fully saturated rings. The van der Waals surface area contributed by atoms with Gasteiger partial charge in [0.2, 0.25) is 0 Å². The Morgan fingerprint density at radius 2 is 1.92 bits per heavy atom. The Morgan fingerprint density at radius 3 is 2.72 bits per heavy atom. The third kappa shape index (κ3) is 3.61. The fourth-order valence-corrected chi connectivity index (χ4v) is 4.15. The quantitative estimate of drug-likeness (QED) is 0.849. The number of hydrogen-bond donors (Lipinski definition) is 1. The van der Waals surface area contributed by atoms with Gasteiger partial charge in [-0.25, -0.2) is 4.39 Å². The monoisotopic (exact) mass is 361 g/mol. The fraction of sp³-hybridized carbons (Fsp3) is 0.368. The Balaban J connectivity index is 1.48. The minimum Gasteiger partial charge on any atom is -0.609 e. The molecule has 0 amide bonds. The highest BCUT2D eigenvalue weighted by Crippen LogP contribution is 2.36. The van der Waals surface area contributed by atoms with Crippen molar-refractivity contribution < 1.29 is 18.4 Å². The minimum atomic E-state index is -1.10. The summed E-state index contributed by atoms with van der Waals surface area (Å²) < 4.78 is 37.2. The van der Waals surface area contributed by atoms with Crippen LogP contribution in [0.5, 0.6) is 11.5 Å². The first-order chi connectivity index (χ1) is 12.2. The molecule has 1 atom stereocenters. The molecule has 0 unspecified atom stereocenters. The van der Waals surface area contributed by atoms with Crippen LogP contribution in [0.15, 0.2) is 41.3 Å². The highest BCUT2D eigenvalue weighted by atomic mass is 32.2. The van der Waals surface area contributed by atoms with Crippen molar-refractivity contribution in [2.24, 2.45) is 5.92 Å². The molecule has 132 valence electrons. The highest BCUT2D eigenvalue weighted by molar-refractivity contribution is 7.91. The van der Waals surface area contributed by atoms with Gasteiger partial charge < -0.3 is 19.3 Å². The molecule has 2 aliphatic rings. The molecular formula is C19H20FNO3S. The fourth-order valence-electron chi connectivity index (χ4n) is 3.22. The van der Waals surface area contributed by atoms with E-state index in [0.717, 1.165) is 37.1 Å². The van der Waals surface area contributed by atoms with Crippen LogP contribution >= 0.6 is 0 Å². The maximum absolute atomic E-state index is 14.4. The Kier molecular flexibility index (Phi) is 4.83. The van der Waals surface area contributed by atoms with Crippen molar-refractivity contribution in [3.05, 3.63) is 42.2 Å². The molecule has 0 spiro atoms. The van der Waals surface area contributed by atoms with E-state index in [4.69, 9.17) is 9.47 Å². The van der Waals surface area contributed by atoms with Gasteiger partial charge in [0, 0.05) is 11.2 Å². The summed E-state index contributed by atoms with van der Waals surface area (Å²) in [6.07, 6.45) is 2.13. The molecule has 25 heavy (non-hydrogen) atoms. The van der Waals surface area contributed by atoms with E-state index in [2.05, 4.69) is 5.32 Å². The summed E-state index contributed by atoms with van der Waals surface area (Å²) in [4.78, 5) is 0.700. The van der Waals surface area contributed by atoms with Crippen LogP contribution in [0.25, 0.3) is 11.1 Å². The lowest BCUT2D eigenvalue weighted by molar-refractivity contribution is 0.208. The Morgan fingerprint density at radius 1 is 1.16 bits per heavy atom. The zero-order valence-electron chi connectivity index (χ0n) is 13.8. The molecule has 0 aromatic heterocycles. The molecule has 2 aliphatic heterocycles. The van der Waals surface area contributed by atoms with Crippen LogP contribution in [0.1, 0.15) is 12.8 Å². The topological polar surface area (TPSA) is 53.5 Å². The molecule has 4 rings (SSSR count). The zero-order valence-corrected chi connectivity index (χ0v) is 14.6. The van der Waals surface area contributed by atoms with Gasteiger partial charge in [-0.05, 0) is 73.3 Å². The molecule has 0 radical (unpaired) electrons. The van der Waals surface area contributed by atoms with E-state index in [1.54, 1.807) is 12.1 Å². The first-order valence-corrected chi connectivity index (χ1v) is 9.81. The molecule has 0 saturated carbocycles. The third-order valence-electron chi connectivity index (χ3n) is 4.71. The van der Waals surface area contributed by atoms with Gasteiger partial charge in [0.25, 0.3) is 5.94 Å². The van der Waals surface area contributed by atoms with Crippen LogP contribution in [0.3, 0.4) is 0 Å². The number of benzene rings is 2. The predicted octanol–water partition coefficient (Wildman–Crippen LogP) is 3.33. The maximum atomic E-state index is 14.4. The van der Waals surface area contributed by atoms with E-state index in [0.29, 0.717) is 28.9 Å². The van der Waals surface area contributed by atoms with Crippen LogP contribution in [0, 0.1) is 11.7 Å². The molecule has 6 heteroatoms. The van der Waals surface area contributed by atoms with Gasteiger partial charge in [0.05, 0.1) is 6.61 Å². The average Bonchev–Trinajstić information content (AvgIpc) is 3.02. The maximum Gasteiger partial charge on any atom is 0.250 e. The average molecular weight is 361 g/mol. The summed E-state index contributed by atoms with van der Waals surface area (Å²) >= 11 is -1.10. The number of halogens is 1. The van der Waals surface area contributed by atoms with Gasteiger partial charge in [-0.1, -0.05) is 6.07 Å². The highest BCUT2D eigenvalue weighted by Gasteiger charge is 2.26. The number of fused-ring (bicyclic) bond motifs is 1. The van der Waals surface area contributed by atoms with Crippen molar-refractivity contribution in [1.82, 2.24) is 5.32 Å². The lowest BCUT2D eigenvalue weighted by Crippen LogP contribution is -2.30. The van der Waals surface area contributed by atoms with E-state index in [-0.39, 0.29) is 11.8 Å². The van der Waals surface area contributed by atoms with Crippen molar-refractivity contribution in [2.75, 3.05) is 25.6 Å². The molecule has 0 bridgehead atoms. The summed E-state index contributed by atoms with van der Waals surface area (Å²) in [5.41, 5.74) is 1.58. The zero-order chi connectivity index (χ0) is 17.2. The molecule has 1 N–H and O–H groups in total. The van der Waals surface area contributed by atoms with E-state index in [1.165, 1.54) is 6.07 Å². The number of nitrogens with one attached hydrogen (secondary N) is 1. The Hall–Kier alpha value is -1.76.